The van der Waals surface area contributed by atoms with E-state index in [1.807, 2.05) is 6.07 Å². The Labute approximate surface area is 122 Å². The third kappa shape index (κ3) is 7.54. The third-order valence-electron chi connectivity index (χ3n) is 3.45. The monoisotopic (exact) mass is 283 g/mol. The molecule has 1 unspecified atom stereocenters. The SMILES string of the molecule is CCCCCCCCCC(O)Cc1ccncc1Cl. The Kier molecular flexibility index (Phi) is 8.85. The maximum Gasteiger partial charge on any atom is 0.0622 e. The van der Waals surface area contributed by atoms with Gasteiger partial charge in [0.05, 0.1) is 11.1 Å². The van der Waals surface area contributed by atoms with Crippen LogP contribution in [-0.2, 0) is 6.42 Å². The molecule has 2 nitrogen and oxygen atoms in total. The number of hydrogen-bond donors (Lipinski definition) is 1. The molecule has 1 aromatic rings. The summed E-state index contributed by atoms with van der Waals surface area (Å²) < 4.78 is 0. The van der Waals surface area contributed by atoms with Crippen molar-refractivity contribution in [2.75, 3.05) is 0 Å². The first kappa shape index (κ1) is 16.5. The predicted octanol–water partition coefficient (Wildman–Crippen LogP) is 4.78. The van der Waals surface area contributed by atoms with E-state index in [2.05, 4.69) is 11.9 Å². The van der Waals surface area contributed by atoms with Crippen LogP contribution in [0.25, 0.3) is 0 Å². The highest BCUT2D eigenvalue weighted by atomic mass is 35.5. The molecule has 0 amide bonds. The molecule has 1 heterocycles. The molecule has 0 bridgehead atoms. The standard InChI is InChI=1S/C16H26ClNO/c1-2-3-4-5-6-7-8-9-15(19)12-14-10-11-18-13-16(14)17/h10-11,13,15,19H,2-9,12H2,1H3. The van der Waals surface area contributed by atoms with Crippen molar-refractivity contribution in [3.63, 3.8) is 0 Å². The van der Waals surface area contributed by atoms with Crippen molar-refractivity contribution in [1.82, 2.24) is 4.98 Å². The zero-order valence-corrected chi connectivity index (χ0v) is 12.7. The minimum Gasteiger partial charge on any atom is -0.393 e. The van der Waals surface area contributed by atoms with Crippen LogP contribution in [0.2, 0.25) is 5.02 Å². The summed E-state index contributed by atoms with van der Waals surface area (Å²) in [5.41, 5.74) is 0.993. The zero-order chi connectivity index (χ0) is 13.9. The lowest BCUT2D eigenvalue weighted by atomic mass is 10.0. The summed E-state index contributed by atoms with van der Waals surface area (Å²) in [6, 6.07) is 1.89. The van der Waals surface area contributed by atoms with Gasteiger partial charge < -0.3 is 5.11 Å². The number of aliphatic hydroxyl groups is 1. The van der Waals surface area contributed by atoms with Crippen LogP contribution in [0.1, 0.15) is 63.9 Å². The van der Waals surface area contributed by atoms with Crippen molar-refractivity contribution in [2.45, 2.75) is 70.8 Å². The minimum absolute atomic E-state index is 0.282. The van der Waals surface area contributed by atoms with E-state index >= 15 is 0 Å². The molecule has 0 aliphatic heterocycles. The number of halogens is 1. The van der Waals surface area contributed by atoms with Gasteiger partial charge in [0.1, 0.15) is 0 Å². The molecular formula is C16H26ClNO. The summed E-state index contributed by atoms with van der Waals surface area (Å²) in [6.07, 6.45) is 13.5. The van der Waals surface area contributed by atoms with Crippen molar-refractivity contribution < 1.29 is 5.11 Å². The van der Waals surface area contributed by atoms with Crippen LogP contribution in [0, 0.1) is 0 Å². The maximum atomic E-state index is 9.99. The van der Waals surface area contributed by atoms with E-state index in [0.717, 1.165) is 18.4 Å². The van der Waals surface area contributed by atoms with E-state index < -0.39 is 0 Å². The molecule has 0 aliphatic rings. The molecule has 0 saturated carbocycles. The molecule has 1 atom stereocenters. The van der Waals surface area contributed by atoms with Gasteiger partial charge in [0, 0.05) is 12.4 Å². The van der Waals surface area contributed by atoms with Crippen LogP contribution < -0.4 is 0 Å². The molecule has 0 spiro atoms. The molecular weight excluding hydrogens is 258 g/mol. The second-order valence-electron chi connectivity index (χ2n) is 5.24. The van der Waals surface area contributed by atoms with Gasteiger partial charge in [0.25, 0.3) is 0 Å². The summed E-state index contributed by atoms with van der Waals surface area (Å²) in [4.78, 5) is 3.95. The lowest BCUT2D eigenvalue weighted by Gasteiger charge is -2.11. The largest absolute Gasteiger partial charge is 0.393 e. The van der Waals surface area contributed by atoms with Crippen molar-refractivity contribution in [2.24, 2.45) is 0 Å². The molecule has 3 heteroatoms. The van der Waals surface area contributed by atoms with Crippen molar-refractivity contribution in [1.29, 1.82) is 0 Å². The van der Waals surface area contributed by atoms with Crippen LogP contribution in [0.4, 0.5) is 0 Å². The quantitative estimate of drug-likeness (QED) is 0.627. The molecule has 19 heavy (non-hydrogen) atoms. The number of unbranched alkanes of at least 4 members (excludes halogenated alkanes) is 6. The van der Waals surface area contributed by atoms with Crippen molar-refractivity contribution in [3.8, 4) is 0 Å². The van der Waals surface area contributed by atoms with Crippen LogP contribution in [0.5, 0.6) is 0 Å². The predicted molar refractivity (Wildman–Crippen MR) is 81.6 cm³/mol. The van der Waals surface area contributed by atoms with Crippen LogP contribution in [0.15, 0.2) is 18.5 Å². The number of pyridine rings is 1. The first-order valence-electron chi connectivity index (χ1n) is 7.50. The Balaban J connectivity index is 2.08. The molecule has 1 aromatic heterocycles. The first-order chi connectivity index (χ1) is 9.24. The molecule has 1 rings (SSSR count). The van der Waals surface area contributed by atoms with Gasteiger partial charge in [-0.2, -0.15) is 0 Å². The summed E-state index contributed by atoms with van der Waals surface area (Å²) in [5, 5.41) is 10.6. The Morgan fingerprint density at radius 1 is 1.16 bits per heavy atom. The summed E-state index contributed by atoms with van der Waals surface area (Å²) in [6.45, 7) is 2.24. The van der Waals surface area contributed by atoms with Crippen LogP contribution >= 0.6 is 11.6 Å². The topological polar surface area (TPSA) is 33.1 Å². The van der Waals surface area contributed by atoms with Gasteiger partial charge in [0.2, 0.25) is 0 Å². The molecule has 0 saturated heterocycles. The Bertz CT molecular complexity index is 343. The van der Waals surface area contributed by atoms with Crippen LogP contribution in [0.3, 0.4) is 0 Å². The van der Waals surface area contributed by atoms with E-state index in [4.69, 9.17) is 11.6 Å². The second-order valence-corrected chi connectivity index (χ2v) is 5.64. The fraction of sp³-hybridized carbons (Fsp3) is 0.688. The zero-order valence-electron chi connectivity index (χ0n) is 11.9. The van der Waals surface area contributed by atoms with Gasteiger partial charge in [-0.1, -0.05) is 63.5 Å². The van der Waals surface area contributed by atoms with E-state index in [-0.39, 0.29) is 6.10 Å². The highest BCUT2D eigenvalue weighted by molar-refractivity contribution is 6.31. The van der Waals surface area contributed by atoms with Gasteiger partial charge in [0.15, 0.2) is 0 Å². The van der Waals surface area contributed by atoms with E-state index in [1.165, 1.54) is 38.5 Å². The fourth-order valence-corrected chi connectivity index (χ4v) is 2.46. The highest BCUT2D eigenvalue weighted by Crippen LogP contribution is 2.17. The van der Waals surface area contributed by atoms with Gasteiger partial charge in [-0.25, -0.2) is 0 Å². The van der Waals surface area contributed by atoms with Gasteiger partial charge in [-0.05, 0) is 24.5 Å². The number of aromatic nitrogens is 1. The van der Waals surface area contributed by atoms with E-state index in [1.54, 1.807) is 12.4 Å². The summed E-state index contributed by atoms with van der Waals surface area (Å²) in [5.74, 6) is 0. The third-order valence-corrected chi connectivity index (χ3v) is 3.79. The molecule has 108 valence electrons. The highest BCUT2D eigenvalue weighted by Gasteiger charge is 2.08. The number of rotatable bonds is 10. The maximum absolute atomic E-state index is 9.99. The van der Waals surface area contributed by atoms with Gasteiger partial charge in [-0.3, -0.25) is 4.98 Å². The molecule has 0 fully saturated rings. The van der Waals surface area contributed by atoms with E-state index in [9.17, 15) is 5.11 Å². The number of aliphatic hydroxyl groups excluding tert-OH is 1. The minimum atomic E-state index is -0.282. The van der Waals surface area contributed by atoms with E-state index in [0.29, 0.717) is 11.4 Å². The average molecular weight is 284 g/mol. The Morgan fingerprint density at radius 2 is 1.84 bits per heavy atom. The van der Waals surface area contributed by atoms with Gasteiger partial charge in [-0.15, -0.1) is 0 Å². The van der Waals surface area contributed by atoms with Crippen molar-refractivity contribution in [3.05, 3.63) is 29.0 Å². The molecule has 0 aliphatic carbocycles. The molecule has 1 N–H and O–H groups in total. The fourth-order valence-electron chi connectivity index (χ4n) is 2.26. The summed E-state index contributed by atoms with van der Waals surface area (Å²) in [7, 11) is 0. The van der Waals surface area contributed by atoms with Crippen molar-refractivity contribution >= 4 is 11.6 Å². The number of hydrogen-bond acceptors (Lipinski definition) is 2. The normalized spacial score (nSPS) is 12.6. The number of nitrogens with zero attached hydrogens (tertiary/aromatic N) is 1. The molecule has 0 aromatic carbocycles. The van der Waals surface area contributed by atoms with Crippen LogP contribution in [-0.4, -0.2) is 16.2 Å². The second kappa shape index (κ2) is 10.2. The molecule has 0 radical (unpaired) electrons. The lowest BCUT2D eigenvalue weighted by Crippen LogP contribution is -2.10. The Morgan fingerprint density at radius 3 is 2.53 bits per heavy atom. The summed E-state index contributed by atoms with van der Waals surface area (Å²) >= 11 is 6.03. The Hall–Kier alpha value is -0.600. The first-order valence-corrected chi connectivity index (χ1v) is 7.88. The lowest BCUT2D eigenvalue weighted by molar-refractivity contribution is 0.161. The smallest absolute Gasteiger partial charge is 0.0622 e. The average Bonchev–Trinajstić information content (AvgIpc) is 2.40. The van der Waals surface area contributed by atoms with Gasteiger partial charge >= 0.3 is 0 Å².